The van der Waals surface area contributed by atoms with E-state index in [1.807, 2.05) is 38.1 Å². The highest BCUT2D eigenvalue weighted by molar-refractivity contribution is 5.74. The summed E-state index contributed by atoms with van der Waals surface area (Å²) in [7, 11) is 0. The molecule has 2 amide bonds. The molecule has 0 saturated carbocycles. The van der Waals surface area contributed by atoms with Crippen molar-refractivity contribution in [2.24, 2.45) is 0 Å². The first-order valence-corrected chi connectivity index (χ1v) is 12.5. The predicted octanol–water partition coefficient (Wildman–Crippen LogP) is 1.03. The Hall–Kier alpha value is -2.44. The molecular formula is C25H39N3O8. The standard InChI is InChI=1S/C25H39N3O8/c1-25(2)35-18-21(36-25)17-34-23(30)9-6-19-4-7-20(8-5-19)33-13-3-10-26-16-22(29)27-24(31)28-11-14-32-15-12-28/h4-5,7-8,21-22,26,29H,3,6,9-18H2,1-2H3,(H,27,31)/t21-,22+/m1/s1. The zero-order chi connectivity index (χ0) is 25.8. The summed E-state index contributed by atoms with van der Waals surface area (Å²) in [5.41, 5.74) is 1.02. The number of ether oxygens (including phenoxy) is 5. The number of nitrogens with zero attached hydrogens (tertiary/aromatic N) is 1. The number of morpholine rings is 1. The molecule has 36 heavy (non-hydrogen) atoms. The Balaban J connectivity index is 1.20. The number of aliphatic hydroxyl groups is 1. The molecule has 1 aromatic carbocycles. The Morgan fingerprint density at radius 3 is 2.67 bits per heavy atom. The Morgan fingerprint density at radius 2 is 1.97 bits per heavy atom. The average Bonchev–Trinajstić information content (AvgIpc) is 3.23. The Bertz CT molecular complexity index is 814. The lowest BCUT2D eigenvalue weighted by Gasteiger charge is -2.28. The zero-order valence-corrected chi connectivity index (χ0v) is 21.2. The molecular weight excluding hydrogens is 470 g/mol. The Labute approximate surface area is 212 Å². The SMILES string of the molecule is CC1(C)OC[C@@H](COC(=O)CCc2ccc(OCCCNC[C@H](O)NC(=O)N3CCOCC3)cc2)O1. The number of hydrogen-bond acceptors (Lipinski definition) is 9. The Morgan fingerprint density at radius 1 is 1.22 bits per heavy atom. The van der Waals surface area contributed by atoms with Gasteiger partial charge in [0.2, 0.25) is 0 Å². The van der Waals surface area contributed by atoms with Crippen molar-refractivity contribution in [1.82, 2.24) is 15.5 Å². The zero-order valence-electron chi connectivity index (χ0n) is 21.2. The van der Waals surface area contributed by atoms with Gasteiger partial charge in [-0.25, -0.2) is 4.79 Å². The maximum absolute atomic E-state index is 12.0. The smallest absolute Gasteiger partial charge is 0.319 e. The quantitative estimate of drug-likeness (QED) is 0.203. The molecule has 2 atom stereocenters. The van der Waals surface area contributed by atoms with E-state index in [0.717, 1.165) is 17.7 Å². The van der Waals surface area contributed by atoms with Crippen LogP contribution in [0, 0.1) is 0 Å². The lowest BCUT2D eigenvalue weighted by atomic mass is 10.1. The van der Waals surface area contributed by atoms with Crippen molar-refractivity contribution in [3.8, 4) is 5.75 Å². The predicted molar refractivity (Wildman–Crippen MR) is 131 cm³/mol. The number of amides is 2. The third-order valence-electron chi connectivity index (χ3n) is 5.73. The highest BCUT2D eigenvalue weighted by Crippen LogP contribution is 2.22. The summed E-state index contributed by atoms with van der Waals surface area (Å²) in [5.74, 6) is -0.135. The summed E-state index contributed by atoms with van der Waals surface area (Å²) in [6.45, 7) is 7.80. The molecule has 0 aliphatic carbocycles. The van der Waals surface area contributed by atoms with Crippen molar-refractivity contribution in [3.05, 3.63) is 29.8 Å². The number of benzene rings is 1. The minimum atomic E-state index is -0.955. The van der Waals surface area contributed by atoms with Crippen LogP contribution >= 0.6 is 0 Å². The van der Waals surface area contributed by atoms with Gasteiger partial charge in [0, 0.05) is 26.1 Å². The number of rotatable bonds is 13. The van der Waals surface area contributed by atoms with Gasteiger partial charge in [0.1, 0.15) is 24.7 Å². The molecule has 11 nitrogen and oxygen atoms in total. The summed E-state index contributed by atoms with van der Waals surface area (Å²) >= 11 is 0. The van der Waals surface area contributed by atoms with E-state index in [9.17, 15) is 14.7 Å². The van der Waals surface area contributed by atoms with Crippen molar-refractivity contribution in [3.63, 3.8) is 0 Å². The van der Waals surface area contributed by atoms with Crippen molar-refractivity contribution in [1.29, 1.82) is 0 Å². The van der Waals surface area contributed by atoms with Crippen LogP contribution in [0.25, 0.3) is 0 Å². The first kappa shape index (κ1) is 28.1. The molecule has 202 valence electrons. The summed E-state index contributed by atoms with van der Waals surface area (Å²) in [5, 5.41) is 15.6. The maximum atomic E-state index is 12.0. The van der Waals surface area contributed by atoms with Crippen molar-refractivity contribution < 1.29 is 38.4 Å². The van der Waals surface area contributed by atoms with Crippen LogP contribution in [-0.4, -0.2) is 99.3 Å². The first-order valence-electron chi connectivity index (χ1n) is 12.5. The summed E-state index contributed by atoms with van der Waals surface area (Å²) in [6.07, 6.45) is 0.442. The normalized spacial score (nSPS) is 20.1. The van der Waals surface area contributed by atoms with Crippen LogP contribution in [0.5, 0.6) is 5.75 Å². The minimum absolute atomic E-state index is 0.200. The van der Waals surface area contributed by atoms with E-state index >= 15 is 0 Å². The number of urea groups is 1. The molecule has 2 aliphatic heterocycles. The van der Waals surface area contributed by atoms with Gasteiger partial charge in [-0.05, 0) is 50.9 Å². The molecule has 3 N–H and O–H groups in total. The van der Waals surface area contributed by atoms with Crippen LogP contribution in [0.15, 0.2) is 24.3 Å². The van der Waals surface area contributed by atoms with Gasteiger partial charge >= 0.3 is 12.0 Å². The summed E-state index contributed by atoms with van der Waals surface area (Å²) in [6, 6.07) is 7.35. The first-order chi connectivity index (χ1) is 17.3. The van der Waals surface area contributed by atoms with Gasteiger partial charge in [-0.2, -0.15) is 0 Å². The number of nitrogens with one attached hydrogen (secondary N) is 2. The fraction of sp³-hybridized carbons (Fsp3) is 0.680. The number of aliphatic hydroxyl groups excluding tert-OH is 1. The second-order valence-corrected chi connectivity index (χ2v) is 9.25. The second kappa shape index (κ2) is 14.3. The molecule has 2 fully saturated rings. The van der Waals surface area contributed by atoms with Crippen molar-refractivity contribution >= 4 is 12.0 Å². The van der Waals surface area contributed by atoms with Crippen LogP contribution < -0.4 is 15.4 Å². The highest BCUT2D eigenvalue weighted by atomic mass is 16.7. The lowest BCUT2D eigenvalue weighted by Crippen LogP contribution is -2.51. The molecule has 2 heterocycles. The van der Waals surface area contributed by atoms with Gasteiger partial charge < -0.3 is 44.3 Å². The van der Waals surface area contributed by atoms with Crippen LogP contribution in [-0.2, 0) is 30.2 Å². The third-order valence-corrected chi connectivity index (χ3v) is 5.73. The topological polar surface area (TPSA) is 128 Å². The van der Waals surface area contributed by atoms with E-state index in [1.54, 1.807) is 4.90 Å². The van der Waals surface area contributed by atoms with E-state index in [1.165, 1.54) is 0 Å². The largest absolute Gasteiger partial charge is 0.494 e. The van der Waals surface area contributed by atoms with Crippen LogP contribution in [0.1, 0.15) is 32.3 Å². The minimum Gasteiger partial charge on any atom is -0.494 e. The third kappa shape index (κ3) is 10.3. The second-order valence-electron chi connectivity index (χ2n) is 9.25. The lowest BCUT2D eigenvalue weighted by molar-refractivity contribution is -0.158. The fourth-order valence-electron chi connectivity index (χ4n) is 3.78. The Kier molecular flexibility index (Phi) is 11.2. The van der Waals surface area contributed by atoms with Crippen molar-refractivity contribution in [2.45, 2.75) is 51.2 Å². The summed E-state index contributed by atoms with van der Waals surface area (Å²) < 4.78 is 27.3. The van der Waals surface area contributed by atoms with Crippen LogP contribution in [0.2, 0.25) is 0 Å². The van der Waals surface area contributed by atoms with E-state index in [0.29, 0.717) is 58.9 Å². The molecule has 0 aromatic heterocycles. The molecule has 2 saturated heterocycles. The van der Waals surface area contributed by atoms with E-state index in [-0.39, 0.29) is 31.3 Å². The monoisotopic (exact) mass is 509 g/mol. The number of esters is 1. The molecule has 0 bridgehead atoms. The molecule has 0 radical (unpaired) electrons. The molecule has 0 spiro atoms. The van der Waals surface area contributed by atoms with Gasteiger partial charge in [0.25, 0.3) is 0 Å². The number of carbonyl (C=O) groups excluding carboxylic acids is 2. The molecule has 3 rings (SSSR count). The van der Waals surface area contributed by atoms with Gasteiger partial charge in [0.15, 0.2) is 5.79 Å². The van der Waals surface area contributed by atoms with Gasteiger partial charge in [0.05, 0.1) is 26.4 Å². The molecule has 0 unspecified atom stereocenters. The average molecular weight is 510 g/mol. The fourth-order valence-corrected chi connectivity index (χ4v) is 3.78. The van der Waals surface area contributed by atoms with Crippen LogP contribution in [0.3, 0.4) is 0 Å². The molecule has 1 aromatic rings. The van der Waals surface area contributed by atoms with Gasteiger partial charge in [-0.3, -0.25) is 4.79 Å². The summed E-state index contributed by atoms with van der Waals surface area (Å²) in [4.78, 5) is 25.6. The van der Waals surface area contributed by atoms with E-state index in [2.05, 4.69) is 10.6 Å². The number of carbonyl (C=O) groups is 2. The van der Waals surface area contributed by atoms with Gasteiger partial charge in [-0.1, -0.05) is 12.1 Å². The highest BCUT2D eigenvalue weighted by Gasteiger charge is 2.33. The van der Waals surface area contributed by atoms with E-state index in [4.69, 9.17) is 23.7 Å². The molecule has 2 aliphatic rings. The number of hydrogen-bond donors (Lipinski definition) is 3. The van der Waals surface area contributed by atoms with Crippen molar-refractivity contribution in [2.75, 3.05) is 59.2 Å². The number of aryl methyl sites for hydroxylation is 1. The maximum Gasteiger partial charge on any atom is 0.319 e. The van der Waals surface area contributed by atoms with Gasteiger partial charge in [-0.15, -0.1) is 0 Å². The van der Waals surface area contributed by atoms with E-state index < -0.39 is 12.0 Å². The molecule has 11 heteroatoms. The van der Waals surface area contributed by atoms with Crippen LogP contribution in [0.4, 0.5) is 4.79 Å².